The Kier molecular flexibility index (Phi) is 7.39. The van der Waals surface area contributed by atoms with Gasteiger partial charge in [-0.3, -0.25) is 4.99 Å². The SMILES string of the molecule is C=CCNC(=NCC1CCS(=O)(=O)C1)N1CC2CCCCC2C1.I. The molecule has 1 N–H and O–H groups in total. The number of halogens is 1. The zero-order valence-electron chi connectivity index (χ0n) is 14.3. The first kappa shape index (κ1) is 20.0. The van der Waals surface area contributed by atoms with E-state index < -0.39 is 9.84 Å². The van der Waals surface area contributed by atoms with Gasteiger partial charge in [0, 0.05) is 26.2 Å². The molecular formula is C17H30IN3O2S. The van der Waals surface area contributed by atoms with Crippen LogP contribution in [0.2, 0.25) is 0 Å². The number of sulfone groups is 1. The van der Waals surface area contributed by atoms with Crippen molar-refractivity contribution in [2.24, 2.45) is 22.7 Å². The number of hydrogen-bond donors (Lipinski definition) is 1. The van der Waals surface area contributed by atoms with Crippen LogP contribution in [-0.4, -0.2) is 57.0 Å². The van der Waals surface area contributed by atoms with Gasteiger partial charge < -0.3 is 10.2 Å². The van der Waals surface area contributed by atoms with Gasteiger partial charge in [-0.25, -0.2) is 8.42 Å². The second-order valence-electron chi connectivity index (χ2n) is 7.31. The lowest BCUT2D eigenvalue weighted by atomic mass is 9.82. The van der Waals surface area contributed by atoms with Gasteiger partial charge in [0.2, 0.25) is 0 Å². The van der Waals surface area contributed by atoms with Crippen molar-refractivity contribution in [2.45, 2.75) is 32.1 Å². The van der Waals surface area contributed by atoms with Crippen LogP contribution in [0.5, 0.6) is 0 Å². The van der Waals surface area contributed by atoms with Gasteiger partial charge in [0.05, 0.1) is 11.5 Å². The second-order valence-corrected chi connectivity index (χ2v) is 9.54. The van der Waals surface area contributed by atoms with Crippen molar-refractivity contribution in [3.63, 3.8) is 0 Å². The molecule has 0 amide bonds. The zero-order valence-corrected chi connectivity index (χ0v) is 17.5. The quantitative estimate of drug-likeness (QED) is 0.298. The van der Waals surface area contributed by atoms with Gasteiger partial charge in [-0.2, -0.15) is 0 Å². The van der Waals surface area contributed by atoms with Crippen molar-refractivity contribution in [1.82, 2.24) is 10.2 Å². The van der Waals surface area contributed by atoms with Gasteiger partial charge in [0.15, 0.2) is 15.8 Å². The van der Waals surface area contributed by atoms with Crippen LogP contribution in [0.4, 0.5) is 0 Å². The predicted octanol–water partition coefficient (Wildman–Crippen LogP) is 2.29. The van der Waals surface area contributed by atoms with E-state index in [0.717, 1.165) is 37.3 Å². The summed E-state index contributed by atoms with van der Waals surface area (Å²) in [4.78, 5) is 7.15. The second kappa shape index (κ2) is 8.87. The molecule has 1 saturated carbocycles. The third kappa shape index (κ3) is 5.09. The topological polar surface area (TPSA) is 61.8 Å². The highest BCUT2D eigenvalue weighted by atomic mass is 127. The Morgan fingerprint density at radius 1 is 1.21 bits per heavy atom. The summed E-state index contributed by atoms with van der Waals surface area (Å²) in [5, 5.41) is 3.37. The van der Waals surface area contributed by atoms with Gasteiger partial charge in [-0.15, -0.1) is 30.6 Å². The molecule has 7 heteroatoms. The number of hydrogen-bond acceptors (Lipinski definition) is 3. The molecule has 5 nitrogen and oxygen atoms in total. The molecule has 3 fully saturated rings. The third-order valence-electron chi connectivity index (χ3n) is 5.51. The van der Waals surface area contributed by atoms with Gasteiger partial charge in [0.1, 0.15) is 0 Å². The smallest absolute Gasteiger partial charge is 0.194 e. The number of guanidine groups is 1. The maximum atomic E-state index is 11.6. The van der Waals surface area contributed by atoms with E-state index in [2.05, 4.69) is 16.8 Å². The maximum absolute atomic E-state index is 11.6. The molecule has 0 aromatic heterocycles. The van der Waals surface area contributed by atoms with Gasteiger partial charge >= 0.3 is 0 Å². The van der Waals surface area contributed by atoms with Crippen LogP contribution in [0, 0.1) is 17.8 Å². The summed E-state index contributed by atoms with van der Waals surface area (Å²) in [6.07, 6.45) is 8.01. The Balaban J connectivity index is 0.00000208. The van der Waals surface area contributed by atoms with Crippen LogP contribution in [0.25, 0.3) is 0 Å². The van der Waals surface area contributed by atoms with Gasteiger partial charge in [-0.05, 0) is 37.0 Å². The first-order chi connectivity index (χ1) is 11.1. The van der Waals surface area contributed by atoms with Gasteiger partial charge in [0.25, 0.3) is 0 Å². The van der Waals surface area contributed by atoms with Crippen LogP contribution in [-0.2, 0) is 9.84 Å². The summed E-state index contributed by atoms with van der Waals surface area (Å²) in [5.41, 5.74) is 0. The molecule has 2 heterocycles. The average molecular weight is 467 g/mol. The number of nitrogens with one attached hydrogen (secondary N) is 1. The van der Waals surface area contributed by atoms with E-state index >= 15 is 0 Å². The summed E-state index contributed by atoms with van der Waals surface area (Å²) in [6.45, 7) is 7.28. The molecule has 24 heavy (non-hydrogen) atoms. The Morgan fingerprint density at radius 3 is 2.42 bits per heavy atom. The van der Waals surface area contributed by atoms with Crippen molar-refractivity contribution < 1.29 is 8.42 Å². The van der Waals surface area contributed by atoms with E-state index in [1.54, 1.807) is 0 Å². The summed E-state index contributed by atoms with van der Waals surface area (Å²) in [7, 11) is -2.82. The monoisotopic (exact) mass is 467 g/mol. The number of aliphatic imine (C=N–C) groups is 1. The van der Waals surface area contributed by atoms with Crippen LogP contribution < -0.4 is 5.32 Å². The minimum absolute atomic E-state index is 0. The lowest BCUT2D eigenvalue weighted by molar-refractivity contribution is 0.299. The lowest BCUT2D eigenvalue weighted by Gasteiger charge is -2.22. The molecule has 0 aromatic rings. The van der Waals surface area contributed by atoms with Crippen molar-refractivity contribution >= 4 is 39.8 Å². The van der Waals surface area contributed by atoms with E-state index in [-0.39, 0.29) is 29.9 Å². The Morgan fingerprint density at radius 2 is 1.88 bits per heavy atom. The average Bonchev–Trinajstić information content (AvgIpc) is 3.10. The van der Waals surface area contributed by atoms with Crippen molar-refractivity contribution in [3.05, 3.63) is 12.7 Å². The first-order valence-corrected chi connectivity index (χ1v) is 10.7. The minimum atomic E-state index is -2.82. The molecule has 2 aliphatic heterocycles. The molecule has 0 bridgehead atoms. The molecule has 0 radical (unpaired) electrons. The Hall–Kier alpha value is -0.310. The van der Waals surface area contributed by atoms with E-state index in [1.165, 1.54) is 25.7 Å². The highest BCUT2D eigenvalue weighted by Gasteiger charge is 2.36. The fourth-order valence-electron chi connectivity index (χ4n) is 4.24. The molecule has 3 aliphatic rings. The first-order valence-electron chi connectivity index (χ1n) is 8.92. The summed E-state index contributed by atoms with van der Waals surface area (Å²) in [5.74, 6) is 3.39. The van der Waals surface area contributed by atoms with Crippen molar-refractivity contribution in [1.29, 1.82) is 0 Å². The van der Waals surface area contributed by atoms with Crippen LogP contribution >= 0.6 is 24.0 Å². The summed E-state index contributed by atoms with van der Waals surface area (Å²) < 4.78 is 23.2. The molecular weight excluding hydrogens is 437 g/mol. The number of rotatable bonds is 4. The largest absolute Gasteiger partial charge is 0.353 e. The van der Waals surface area contributed by atoms with Crippen molar-refractivity contribution in [3.8, 4) is 0 Å². The zero-order chi connectivity index (χ0) is 16.3. The van der Waals surface area contributed by atoms with E-state index in [9.17, 15) is 8.42 Å². The number of fused-ring (bicyclic) bond motifs is 1. The van der Waals surface area contributed by atoms with E-state index in [0.29, 0.717) is 24.6 Å². The third-order valence-corrected chi connectivity index (χ3v) is 7.34. The van der Waals surface area contributed by atoms with E-state index in [1.807, 2.05) is 6.08 Å². The molecule has 2 saturated heterocycles. The molecule has 3 unspecified atom stereocenters. The highest BCUT2D eigenvalue weighted by molar-refractivity contribution is 14.0. The molecule has 1 aliphatic carbocycles. The fraction of sp³-hybridized carbons (Fsp3) is 0.824. The van der Waals surface area contributed by atoms with Crippen LogP contribution in [0.3, 0.4) is 0 Å². The summed E-state index contributed by atoms with van der Waals surface area (Å²) >= 11 is 0. The van der Waals surface area contributed by atoms with Crippen LogP contribution in [0.1, 0.15) is 32.1 Å². The minimum Gasteiger partial charge on any atom is -0.353 e. The molecule has 0 aromatic carbocycles. The Bertz CT molecular complexity index is 550. The van der Waals surface area contributed by atoms with Gasteiger partial charge in [-0.1, -0.05) is 18.9 Å². The molecule has 3 rings (SSSR count). The fourth-order valence-corrected chi connectivity index (χ4v) is 6.09. The Labute approximate surface area is 163 Å². The molecule has 3 atom stereocenters. The van der Waals surface area contributed by atoms with Crippen LogP contribution in [0.15, 0.2) is 17.6 Å². The van der Waals surface area contributed by atoms with E-state index in [4.69, 9.17) is 4.99 Å². The number of likely N-dealkylation sites (tertiary alicyclic amines) is 1. The maximum Gasteiger partial charge on any atom is 0.194 e. The number of nitrogens with zero attached hydrogens (tertiary/aromatic N) is 2. The molecule has 0 spiro atoms. The normalized spacial score (nSPS) is 32.1. The predicted molar refractivity (Wildman–Crippen MR) is 110 cm³/mol. The molecule has 138 valence electrons. The summed E-state index contributed by atoms with van der Waals surface area (Å²) in [6, 6.07) is 0. The van der Waals surface area contributed by atoms with Crippen molar-refractivity contribution in [2.75, 3.05) is 37.7 Å². The highest BCUT2D eigenvalue weighted by Crippen LogP contribution is 2.36. The standard InChI is InChI=1S/C17H29N3O2S.HI/c1-2-8-18-17(19-10-14-7-9-23(21,22)13-14)20-11-15-5-3-4-6-16(15)12-20;/h2,14-16H,1,3-13H2,(H,18,19);1H. The lowest BCUT2D eigenvalue weighted by Crippen LogP contribution is -2.40.